The standard InChI is InChI=1S/C17H25NOS/c1-13(2)15-8-10-18(11-9-15)17(19)16(20)12-14-6-4-3-5-7-14/h3-7,13,15-16,20H,8-12H2,1-2H3. The van der Waals surface area contributed by atoms with Crippen LogP contribution in [0.4, 0.5) is 0 Å². The van der Waals surface area contributed by atoms with Gasteiger partial charge in [0.05, 0.1) is 5.25 Å². The Morgan fingerprint density at radius 1 is 1.25 bits per heavy atom. The summed E-state index contributed by atoms with van der Waals surface area (Å²) in [6.07, 6.45) is 2.98. The molecule has 1 aliphatic rings. The van der Waals surface area contributed by atoms with Crippen molar-refractivity contribution in [2.45, 2.75) is 38.4 Å². The Labute approximate surface area is 128 Å². The highest BCUT2D eigenvalue weighted by Gasteiger charge is 2.27. The van der Waals surface area contributed by atoms with E-state index >= 15 is 0 Å². The SMILES string of the molecule is CC(C)C1CCN(C(=O)C(S)Cc2ccccc2)CC1. The molecule has 20 heavy (non-hydrogen) atoms. The van der Waals surface area contributed by atoms with Crippen LogP contribution in [0, 0.1) is 11.8 Å². The third kappa shape index (κ3) is 4.02. The molecular formula is C17H25NOS. The highest BCUT2D eigenvalue weighted by molar-refractivity contribution is 7.81. The molecular weight excluding hydrogens is 266 g/mol. The quantitative estimate of drug-likeness (QED) is 0.843. The van der Waals surface area contributed by atoms with Gasteiger partial charge in [-0.3, -0.25) is 4.79 Å². The predicted molar refractivity (Wildman–Crippen MR) is 87.1 cm³/mol. The molecule has 1 saturated heterocycles. The fraction of sp³-hybridized carbons (Fsp3) is 0.588. The van der Waals surface area contributed by atoms with Gasteiger partial charge < -0.3 is 4.90 Å². The Hall–Kier alpha value is -0.960. The van der Waals surface area contributed by atoms with Crippen molar-refractivity contribution >= 4 is 18.5 Å². The first-order chi connectivity index (χ1) is 9.58. The molecule has 0 N–H and O–H groups in total. The second-order valence-electron chi connectivity index (χ2n) is 6.11. The van der Waals surface area contributed by atoms with E-state index in [1.54, 1.807) is 0 Å². The fourth-order valence-electron chi connectivity index (χ4n) is 2.92. The summed E-state index contributed by atoms with van der Waals surface area (Å²) in [6, 6.07) is 10.1. The number of amides is 1. The van der Waals surface area contributed by atoms with Crippen LogP contribution in [0.3, 0.4) is 0 Å². The first kappa shape index (κ1) is 15.4. The Morgan fingerprint density at radius 2 is 1.85 bits per heavy atom. The Kier molecular flexibility index (Phi) is 5.53. The summed E-state index contributed by atoms with van der Waals surface area (Å²) in [7, 11) is 0. The van der Waals surface area contributed by atoms with Crippen LogP contribution < -0.4 is 0 Å². The van der Waals surface area contributed by atoms with Gasteiger partial charge in [0.1, 0.15) is 0 Å². The zero-order chi connectivity index (χ0) is 14.5. The molecule has 2 rings (SSSR count). The molecule has 3 heteroatoms. The molecule has 0 bridgehead atoms. The van der Waals surface area contributed by atoms with E-state index in [0.29, 0.717) is 6.42 Å². The van der Waals surface area contributed by atoms with Crippen LogP contribution in [-0.4, -0.2) is 29.1 Å². The number of piperidine rings is 1. The van der Waals surface area contributed by atoms with Crippen LogP contribution >= 0.6 is 12.6 Å². The number of likely N-dealkylation sites (tertiary alicyclic amines) is 1. The third-order valence-electron chi connectivity index (χ3n) is 4.35. The van der Waals surface area contributed by atoms with Crippen molar-refractivity contribution in [1.82, 2.24) is 4.90 Å². The van der Waals surface area contributed by atoms with Crippen molar-refractivity contribution < 1.29 is 4.79 Å². The maximum Gasteiger partial charge on any atom is 0.235 e. The van der Waals surface area contributed by atoms with Gasteiger partial charge in [-0.25, -0.2) is 0 Å². The number of carbonyl (C=O) groups excluding carboxylic acids is 1. The van der Waals surface area contributed by atoms with Gasteiger partial charge in [-0.2, -0.15) is 12.6 Å². The predicted octanol–water partition coefficient (Wildman–Crippen LogP) is 3.42. The number of hydrogen-bond donors (Lipinski definition) is 1. The number of nitrogens with zero attached hydrogens (tertiary/aromatic N) is 1. The van der Waals surface area contributed by atoms with Gasteiger partial charge in [-0.1, -0.05) is 44.2 Å². The van der Waals surface area contributed by atoms with Gasteiger partial charge in [0.2, 0.25) is 5.91 Å². The minimum atomic E-state index is -0.215. The van der Waals surface area contributed by atoms with Crippen molar-refractivity contribution in [1.29, 1.82) is 0 Å². The Balaban J connectivity index is 1.85. The summed E-state index contributed by atoms with van der Waals surface area (Å²) in [6.45, 7) is 6.35. The molecule has 0 aromatic heterocycles. The van der Waals surface area contributed by atoms with Gasteiger partial charge in [0.25, 0.3) is 0 Å². The molecule has 1 atom stereocenters. The molecule has 2 nitrogen and oxygen atoms in total. The molecule has 1 heterocycles. The van der Waals surface area contributed by atoms with E-state index in [4.69, 9.17) is 0 Å². The van der Waals surface area contributed by atoms with Gasteiger partial charge in [-0.15, -0.1) is 0 Å². The smallest absolute Gasteiger partial charge is 0.235 e. The summed E-state index contributed by atoms with van der Waals surface area (Å²) in [5.41, 5.74) is 1.18. The summed E-state index contributed by atoms with van der Waals surface area (Å²) < 4.78 is 0. The lowest BCUT2D eigenvalue weighted by atomic mass is 9.86. The number of carbonyl (C=O) groups is 1. The number of thiol groups is 1. The molecule has 1 aromatic carbocycles. The zero-order valence-corrected chi connectivity index (χ0v) is 13.4. The van der Waals surface area contributed by atoms with E-state index < -0.39 is 0 Å². The average molecular weight is 291 g/mol. The highest BCUT2D eigenvalue weighted by atomic mass is 32.1. The maximum atomic E-state index is 12.4. The number of hydrogen-bond acceptors (Lipinski definition) is 2. The van der Waals surface area contributed by atoms with Crippen LogP contribution in [0.1, 0.15) is 32.3 Å². The number of rotatable bonds is 4. The lowest BCUT2D eigenvalue weighted by Gasteiger charge is -2.35. The van der Waals surface area contributed by atoms with Gasteiger partial charge >= 0.3 is 0 Å². The summed E-state index contributed by atoms with van der Waals surface area (Å²) in [5, 5.41) is -0.215. The largest absolute Gasteiger partial charge is 0.342 e. The molecule has 0 spiro atoms. The first-order valence-electron chi connectivity index (χ1n) is 7.58. The minimum Gasteiger partial charge on any atom is -0.342 e. The summed E-state index contributed by atoms with van der Waals surface area (Å²) in [4.78, 5) is 14.4. The van der Waals surface area contributed by atoms with E-state index in [9.17, 15) is 4.79 Å². The second kappa shape index (κ2) is 7.16. The molecule has 0 radical (unpaired) electrons. The normalized spacial score (nSPS) is 18.3. The number of benzene rings is 1. The topological polar surface area (TPSA) is 20.3 Å². The molecule has 1 fully saturated rings. The third-order valence-corrected chi connectivity index (χ3v) is 4.75. The molecule has 0 saturated carbocycles. The Morgan fingerprint density at radius 3 is 2.40 bits per heavy atom. The molecule has 0 aliphatic carbocycles. The van der Waals surface area contributed by atoms with Crippen molar-refractivity contribution in [3.8, 4) is 0 Å². The van der Waals surface area contributed by atoms with Crippen molar-refractivity contribution in [2.24, 2.45) is 11.8 Å². The second-order valence-corrected chi connectivity index (χ2v) is 6.74. The molecule has 1 aliphatic heterocycles. The molecule has 110 valence electrons. The van der Waals surface area contributed by atoms with Gasteiger partial charge in [0, 0.05) is 13.1 Å². The van der Waals surface area contributed by atoms with Crippen LogP contribution in [0.5, 0.6) is 0 Å². The van der Waals surface area contributed by atoms with E-state index in [2.05, 4.69) is 38.6 Å². The van der Waals surface area contributed by atoms with Crippen molar-refractivity contribution in [3.05, 3.63) is 35.9 Å². The lowest BCUT2D eigenvalue weighted by Crippen LogP contribution is -2.43. The van der Waals surface area contributed by atoms with Crippen LogP contribution in [0.2, 0.25) is 0 Å². The van der Waals surface area contributed by atoms with Crippen LogP contribution in [0.25, 0.3) is 0 Å². The first-order valence-corrected chi connectivity index (χ1v) is 8.10. The van der Waals surface area contributed by atoms with Crippen molar-refractivity contribution in [3.63, 3.8) is 0 Å². The van der Waals surface area contributed by atoms with Gasteiger partial charge in [0.15, 0.2) is 0 Å². The highest BCUT2D eigenvalue weighted by Crippen LogP contribution is 2.25. The van der Waals surface area contributed by atoms with Crippen molar-refractivity contribution in [2.75, 3.05) is 13.1 Å². The van der Waals surface area contributed by atoms with E-state index in [1.807, 2.05) is 23.1 Å². The minimum absolute atomic E-state index is 0.194. The molecule has 1 aromatic rings. The maximum absolute atomic E-state index is 12.4. The van der Waals surface area contributed by atoms with Crippen LogP contribution in [-0.2, 0) is 11.2 Å². The molecule has 1 amide bonds. The summed E-state index contributed by atoms with van der Waals surface area (Å²) >= 11 is 4.52. The van der Waals surface area contributed by atoms with Gasteiger partial charge in [-0.05, 0) is 36.7 Å². The molecule has 1 unspecified atom stereocenters. The van der Waals surface area contributed by atoms with Crippen LogP contribution in [0.15, 0.2) is 30.3 Å². The van der Waals surface area contributed by atoms with E-state index in [1.165, 1.54) is 5.56 Å². The van der Waals surface area contributed by atoms with E-state index in [-0.39, 0.29) is 11.2 Å². The monoisotopic (exact) mass is 291 g/mol. The lowest BCUT2D eigenvalue weighted by molar-refractivity contribution is -0.132. The Bertz CT molecular complexity index is 424. The summed E-state index contributed by atoms with van der Waals surface area (Å²) in [5.74, 6) is 1.69. The zero-order valence-electron chi connectivity index (χ0n) is 12.5. The fourth-order valence-corrected chi connectivity index (χ4v) is 3.30. The van der Waals surface area contributed by atoms with E-state index in [0.717, 1.165) is 37.8 Å². The average Bonchev–Trinajstić information content (AvgIpc) is 2.47.